The number of hydrogen-bond acceptors (Lipinski definition) is 3. The maximum atomic E-state index is 12.7. The molecule has 2 atom stereocenters. The molecule has 3 heterocycles. The fraction of sp³-hybridized carbons (Fsp3) is 0.667. The molecular weight excluding hydrogens is 279 g/mol. The predicted octanol–water partition coefficient (Wildman–Crippen LogP) is 2.91. The van der Waals surface area contributed by atoms with Gasteiger partial charge in [0.25, 0.3) is 0 Å². The van der Waals surface area contributed by atoms with Crippen molar-refractivity contribution in [2.45, 2.75) is 44.9 Å². The summed E-state index contributed by atoms with van der Waals surface area (Å²) >= 11 is 0. The lowest BCUT2D eigenvalue weighted by Gasteiger charge is -2.41. The minimum absolute atomic E-state index is 0.00649. The standard InChI is InChI=1S/C15H20F3N3/c1-10-5-11(2)19-14(6-10)20-7-12-3-4-13(8-20)21(12)9-15(16,17)18/h5-6,12-13H,3-4,7-9H2,1-2H3. The molecular formula is C15H20F3N3. The van der Waals surface area contributed by atoms with E-state index in [1.54, 1.807) is 4.90 Å². The minimum atomic E-state index is -4.11. The highest BCUT2D eigenvalue weighted by Gasteiger charge is 2.45. The van der Waals surface area contributed by atoms with Gasteiger partial charge in [0, 0.05) is 30.9 Å². The molecule has 3 rings (SSSR count). The van der Waals surface area contributed by atoms with Crippen LogP contribution in [0, 0.1) is 13.8 Å². The zero-order valence-electron chi connectivity index (χ0n) is 12.3. The van der Waals surface area contributed by atoms with Crippen LogP contribution in [0.2, 0.25) is 0 Å². The second kappa shape index (κ2) is 5.16. The van der Waals surface area contributed by atoms with Gasteiger partial charge in [-0.25, -0.2) is 4.98 Å². The van der Waals surface area contributed by atoms with Crippen LogP contribution >= 0.6 is 0 Å². The Bertz CT molecular complexity index is 495. The van der Waals surface area contributed by atoms with E-state index in [4.69, 9.17) is 0 Å². The number of halogens is 3. The fourth-order valence-electron chi connectivity index (χ4n) is 3.62. The Morgan fingerprint density at radius 1 is 1.14 bits per heavy atom. The maximum Gasteiger partial charge on any atom is 0.401 e. The molecule has 0 N–H and O–H groups in total. The van der Waals surface area contributed by atoms with Gasteiger partial charge >= 0.3 is 6.18 Å². The van der Waals surface area contributed by atoms with Crippen molar-refractivity contribution in [1.82, 2.24) is 9.88 Å². The summed E-state index contributed by atoms with van der Waals surface area (Å²) in [5, 5.41) is 0. The second-order valence-corrected chi connectivity index (χ2v) is 6.22. The predicted molar refractivity (Wildman–Crippen MR) is 75.5 cm³/mol. The van der Waals surface area contributed by atoms with Gasteiger partial charge in [-0.1, -0.05) is 0 Å². The zero-order chi connectivity index (χ0) is 15.2. The van der Waals surface area contributed by atoms with E-state index in [-0.39, 0.29) is 12.1 Å². The molecule has 116 valence electrons. The van der Waals surface area contributed by atoms with E-state index in [0.717, 1.165) is 29.9 Å². The number of rotatable bonds is 2. The summed E-state index contributed by atoms with van der Waals surface area (Å²) in [5.74, 6) is 0.899. The van der Waals surface area contributed by atoms with Gasteiger partial charge in [-0.15, -0.1) is 0 Å². The summed E-state index contributed by atoms with van der Waals surface area (Å²) in [6.07, 6.45) is -2.41. The lowest BCUT2D eigenvalue weighted by atomic mass is 10.1. The van der Waals surface area contributed by atoms with Gasteiger partial charge in [0.1, 0.15) is 5.82 Å². The van der Waals surface area contributed by atoms with E-state index in [1.165, 1.54) is 0 Å². The number of nitrogens with zero attached hydrogens (tertiary/aromatic N) is 3. The highest BCUT2D eigenvalue weighted by molar-refractivity contribution is 5.44. The number of hydrogen-bond donors (Lipinski definition) is 0. The molecule has 21 heavy (non-hydrogen) atoms. The van der Waals surface area contributed by atoms with E-state index in [9.17, 15) is 13.2 Å². The molecule has 1 aromatic heterocycles. The Morgan fingerprint density at radius 2 is 1.76 bits per heavy atom. The fourth-order valence-corrected chi connectivity index (χ4v) is 3.62. The molecule has 2 saturated heterocycles. The Hall–Kier alpha value is -1.30. The normalized spacial score (nSPS) is 26.4. The van der Waals surface area contributed by atoms with Crippen molar-refractivity contribution in [3.63, 3.8) is 0 Å². The Balaban J connectivity index is 1.76. The van der Waals surface area contributed by atoms with Gasteiger partial charge < -0.3 is 4.90 Å². The third-order valence-electron chi connectivity index (χ3n) is 4.40. The van der Waals surface area contributed by atoms with E-state index in [1.807, 2.05) is 26.0 Å². The van der Waals surface area contributed by atoms with E-state index in [2.05, 4.69) is 9.88 Å². The highest BCUT2D eigenvalue weighted by Crippen LogP contribution is 2.34. The van der Waals surface area contributed by atoms with Crippen molar-refractivity contribution in [1.29, 1.82) is 0 Å². The third kappa shape index (κ3) is 3.15. The summed E-state index contributed by atoms with van der Waals surface area (Å²) in [6, 6.07) is 4.02. The number of pyridine rings is 1. The molecule has 0 radical (unpaired) electrons. The van der Waals surface area contributed by atoms with Crippen LogP contribution in [-0.2, 0) is 0 Å². The van der Waals surface area contributed by atoms with Crippen molar-refractivity contribution in [2.75, 3.05) is 24.5 Å². The number of aryl methyl sites for hydroxylation is 2. The average molecular weight is 299 g/mol. The SMILES string of the molecule is Cc1cc(C)nc(N2CC3CCC(C2)N3CC(F)(F)F)c1. The van der Waals surface area contributed by atoms with Gasteiger partial charge in [-0.2, -0.15) is 13.2 Å². The van der Waals surface area contributed by atoms with Crippen LogP contribution in [0.25, 0.3) is 0 Å². The van der Waals surface area contributed by atoms with Crippen molar-refractivity contribution in [2.24, 2.45) is 0 Å². The Morgan fingerprint density at radius 3 is 2.29 bits per heavy atom. The quantitative estimate of drug-likeness (QED) is 0.837. The van der Waals surface area contributed by atoms with Crippen LogP contribution in [0.3, 0.4) is 0 Å². The van der Waals surface area contributed by atoms with Crippen LogP contribution in [0.5, 0.6) is 0 Å². The summed E-state index contributed by atoms with van der Waals surface area (Å²) < 4.78 is 38.0. The van der Waals surface area contributed by atoms with E-state index >= 15 is 0 Å². The first kappa shape index (κ1) is 14.6. The summed E-state index contributed by atoms with van der Waals surface area (Å²) in [7, 11) is 0. The average Bonchev–Trinajstić information content (AvgIpc) is 2.59. The third-order valence-corrected chi connectivity index (χ3v) is 4.40. The summed E-state index contributed by atoms with van der Waals surface area (Å²) in [5.41, 5.74) is 2.10. The van der Waals surface area contributed by atoms with Crippen molar-refractivity contribution in [3.05, 3.63) is 23.4 Å². The molecule has 2 bridgehead atoms. The topological polar surface area (TPSA) is 19.4 Å². The molecule has 0 amide bonds. The van der Waals surface area contributed by atoms with Crippen molar-refractivity contribution >= 4 is 5.82 Å². The molecule has 0 spiro atoms. The lowest BCUT2D eigenvalue weighted by Crippen LogP contribution is -2.56. The molecule has 0 aliphatic carbocycles. The number of anilines is 1. The van der Waals surface area contributed by atoms with Gasteiger partial charge in [0.15, 0.2) is 0 Å². The van der Waals surface area contributed by atoms with E-state index < -0.39 is 12.7 Å². The van der Waals surface area contributed by atoms with Gasteiger partial charge in [0.2, 0.25) is 0 Å². The van der Waals surface area contributed by atoms with E-state index in [0.29, 0.717) is 13.1 Å². The van der Waals surface area contributed by atoms with Crippen LogP contribution in [0.15, 0.2) is 12.1 Å². The van der Waals surface area contributed by atoms with Gasteiger partial charge in [0.05, 0.1) is 6.54 Å². The number of fused-ring (bicyclic) bond motifs is 2. The Labute approximate surface area is 122 Å². The molecule has 6 heteroatoms. The van der Waals surface area contributed by atoms with Crippen LogP contribution in [-0.4, -0.2) is 47.8 Å². The molecule has 3 nitrogen and oxygen atoms in total. The molecule has 0 aromatic carbocycles. The molecule has 0 saturated carbocycles. The lowest BCUT2D eigenvalue weighted by molar-refractivity contribution is -0.153. The highest BCUT2D eigenvalue weighted by atomic mass is 19.4. The van der Waals surface area contributed by atoms with Crippen molar-refractivity contribution < 1.29 is 13.2 Å². The molecule has 1 aromatic rings. The molecule has 2 unspecified atom stereocenters. The van der Waals surface area contributed by atoms with Crippen molar-refractivity contribution in [3.8, 4) is 0 Å². The summed E-state index contributed by atoms with van der Waals surface area (Å²) in [4.78, 5) is 8.33. The van der Waals surface area contributed by atoms with Crippen LogP contribution < -0.4 is 4.90 Å². The molecule has 2 fully saturated rings. The summed E-state index contributed by atoms with van der Waals surface area (Å²) in [6.45, 7) is 4.47. The second-order valence-electron chi connectivity index (χ2n) is 6.22. The maximum absolute atomic E-state index is 12.7. The zero-order valence-corrected chi connectivity index (χ0v) is 12.3. The monoisotopic (exact) mass is 299 g/mol. The van der Waals surface area contributed by atoms with Gasteiger partial charge in [-0.05, 0) is 44.4 Å². The Kier molecular flexibility index (Phi) is 3.59. The number of piperazine rings is 1. The number of aromatic nitrogens is 1. The first-order chi connectivity index (χ1) is 9.82. The molecule has 2 aliphatic rings. The minimum Gasteiger partial charge on any atom is -0.353 e. The van der Waals surface area contributed by atoms with Crippen LogP contribution in [0.4, 0.5) is 19.0 Å². The first-order valence-electron chi connectivity index (χ1n) is 7.34. The van der Waals surface area contributed by atoms with Gasteiger partial charge in [-0.3, -0.25) is 4.90 Å². The smallest absolute Gasteiger partial charge is 0.353 e. The first-order valence-corrected chi connectivity index (χ1v) is 7.34. The number of alkyl halides is 3. The van der Waals surface area contributed by atoms with Crippen LogP contribution in [0.1, 0.15) is 24.1 Å². The largest absolute Gasteiger partial charge is 0.401 e. The molecule has 2 aliphatic heterocycles.